The van der Waals surface area contributed by atoms with Crippen molar-refractivity contribution in [3.8, 4) is 11.3 Å². The number of nitrogens with zero attached hydrogens (tertiary/aromatic N) is 1. The molecule has 0 amide bonds. The van der Waals surface area contributed by atoms with Crippen LogP contribution >= 0.6 is 12.4 Å². The molecule has 2 N–H and O–H groups in total. The summed E-state index contributed by atoms with van der Waals surface area (Å²) in [4.78, 5) is 4.23. The van der Waals surface area contributed by atoms with Crippen LogP contribution in [0.3, 0.4) is 0 Å². The maximum Gasteiger partial charge on any atom is 0.0722 e. The number of anilines is 1. The summed E-state index contributed by atoms with van der Waals surface area (Å²) in [5.41, 5.74) is 8.41. The summed E-state index contributed by atoms with van der Waals surface area (Å²) >= 11 is 0. The molecule has 72 valence electrons. The molecule has 1 aromatic carbocycles. The lowest BCUT2D eigenvalue weighted by Gasteiger charge is -2.00. The lowest BCUT2D eigenvalue weighted by Crippen LogP contribution is -1.87. The Labute approximate surface area is 89.2 Å². The van der Waals surface area contributed by atoms with Gasteiger partial charge in [-0.1, -0.05) is 30.3 Å². The molecule has 0 aliphatic rings. The van der Waals surface area contributed by atoms with Crippen LogP contribution in [0.25, 0.3) is 11.3 Å². The minimum absolute atomic E-state index is 0. The van der Waals surface area contributed by atoms with E-state index in [1.807, 2.05) is 36.4 Å². The summed E-state index contributed by atoms with van der Waals surface area (Å²) in [5, 5.41) is 0. The van der Waals surface area contributed by atoms with Crippen LogP contribution in [0, 0.1) is 0 Å². The molecule has 0 spiro atoms. The molecule has 2 aromatic rings. The molecule has 0 atom stereocenters. The molecule has 0 saturated carbocycles. The lowest BCUT2D eigenvalue weighted by molar-refractivity contribution is 1.33. The molecule has 1 heterocycles. The van der Waals surface area contributed by atoms with E-state index in [9.17, 15) is 0 Å². The minimum Gasteiger partial charge on any atom is -0.399 e. The van der Waals surface area contributed by atoms with E-state index in [0.29, 0.717) is 0 Å². The number of benzene rings is 1. The van der Waals surface area contributed by atoms with Crippen molar-refractivity contribution in [3.63, 3.8) is 0 Å². The van der Waals surface area contributed by atoms with Crippen LogP contribution in [0.5, 0.6) is 0 Å². The zero-order chi connectivity index (χ0) is 9.10. The van der Waals surface area contributed by atoms with Crippen molar-refractivity contribution in [2.75, 3.05) is 5.73 Å². The van der Waals surface area contributed by atoms with Crippen LogP contribution in [-0.2, 0) is 0 Å². The Morgan fingerprint density at radius 2 is 1.71 bits per heavy atom. The molecular formula is C11H11ClN2. The van der Waals surface area contributed by atoms with E-state index in [1.165, 1.54) is 0 Å². The fourth-order valence-corrected chi connectivity index (χ4v) is 1.21. The Morgan fingerprint density at radius 3 is 2.36 bits per heavy atom. The van der Waals surface area contributed by atoms with Crippen LogP contribution in [0.4, 0.5) is 5.69 Å². The smallest absolute Gasteiger partial charge is 0.0722 e. The molecule has 0 radical (unpaired) electrons. The van der Waals surface area contributed by atoms with Crippen LogP contribution in [-0.4, -0.2) is 4.98 Å². The minimum atomic E-state index is 0. The van der Waals surface area contributed by atoms with Crippen molar-refractivity contribution in [1.82, 2.24) is 4.98 Å². The highest BCUT2D eigenvalue weighted by Gasteiger charge is 1.96. The van der Waals surface area contributed by atoms with Crippen molar-refractivity contribution in [2.24, 2.45) is 0 Å². The summed E-state index contributed by atoms with van der Waals surface area (Å²) in [5.74, 6) is 0. The average Bonchev–Trinajstić information content (AvgIpc) is 2.19. The van der Waals surface area contributed by atoms with Gasteiger partial charge in [0.05, 0.1) is 5.69 Å². The number of hydrogen-bond acceptors (Lipinski definition) is 2. The van der Waals surface area contributed by atoms with Crippen molar-refractivity contribution in [2.45, 2.75) is 0 Å². The molecule has 1 aromatic heterocycles. The Hall–Kier alpha value is -1.54. The number of nitrogen functional groups attached to an aromatic ring is 1. The number of hydrogen-bond donors (Lipinski definition) is 1. The van der Waals surface area contributed by atoms with Crippen LogP contribution in [0.1, 0.15) is 0 Å². The highest BCUT2D eigenvalue weighted by Crippen LogP contribution is 2.17. The number of rotatable bonds is 1. The predicted molar refractivity (Wildman–Crippen MR) is 61.3 cm³/mol. The zero-order valence-electron chi connectivity index (χ0n) is 7.55. The molecule has 0 saturated heterocycles. The first kappa shape index (κ1) is 10.5. The first-order chi connectivity index (χ1) is 6.36. The molecule has 0 bridgehead atoms. The highest BCUT2D eigenvalue weighted by atomic mass is 35.5. The zero-order valence-corrected chi connectivity index (χ0v) is 8.37. The van der Waals surface area contributed by atoms with Gasteiger partial charge in [0.25, 0.3) is 0 Å². The van der Waals surface area contributed by atoms with E-state index in [0.717, 1.165) is 16.9 Å². The molecule has 0 unspecified atom stereocenters. The molecule has 3 heteroatoms. The van der Waals surface area contributed by atoms with Crippen molar-refractivity contribution in [3.05, 3.63) is 48.7 Å². The maximum absolute atomic E-state index is 5.66. The largest absolute Gasteiger partial charge is 0.399 e. The van der Waals surface area contributed by atoms with E-state index < -0.39 is 0 Å². The van der Waals surface area contributed by atoms with E-state index in [2.05, 4.69) is 4.98 Å². The SMILES string of the molecule is Cl.Nc1ccnc(-c2ccccc2)c1. The van der Waals surface area contributed by atoms with Gasteiger partial charge < -0.3 is 5.73 Å². The molecular weight excluding hydrogens is 196 g/mol. The van der Waals surface area contributed by atoms with E-state index in [4.69, 9.17) is 5.73 Å². The van der Waals surface area contributed by atoms with Gasteiger partial charge in [-0.2, -0.15) is 0 Å². The van der Waals surface area contributed by atoms with Crippen LogP contribution in [0.15, 0.2) is 48.7 Å². The Balaban J connectivity index is 0.000000980. The Kier molecular flexibility index (Phi) is 3.48. The topological polar surface area (TPSA) is 38.9 Å². The summed E-state index contributed by atoms with van der Waals surface area (Å²) in [6.07, 6.45) is 1.72. The van der Waals surface area contributed by atoms with Gasteiger partial charge in [-0.15, -0.1) is 12.4 Å². The highest BCUT2D eigenvalue weighted by molar-refractivity contribution is 5.85. The molecule has 0 fully saturated rings. The fourth-order valence-electron chi connectivity index (χ4n) is 1.21. The predicted octanol–water partition coefficient (Wildman–Crippen LogP) is 2.75. The standard InChI is InChI=1S/C11H10N2.ClH/c12-10-6-7-13-11(8-10)9-4-2-1-3-5-9;/h1-8H,(H2,12,13);1H. The number of aromatic nitrogens is 1. The number of pyridine rings is 1. The molecule has 0 aliphatic carbocycles. The van der Waals surface area contributed by atoms with Gasteiger partial charge in [-0.25, -0.2) is 0 Å². The summed E-state index contributed by atoms with van der Waals surface area (Å²) in [6.45, 7) is 0. The van der Waals surface area contributed by atoms with Gasteiger partial charge in [-0.3, -0.25) is 4.98 Å². The third-order valence-corrected chi connectivity index (χ3v) is 1.85. The van der Waals surface area contributed by atoms with Gasteiger partial charge in [-0.05, 0) is 12.1 Å². The Bertz CT molecular complexity index is 401. The fraction of sp³-hybridized carbons (Fsp3) is 0. The Morgan fingerprint density at radius 1 is 1.00 bits per heavy atom. The monoisotopic (exact) mass is 206 g/mol. The number of halogens is 1. The van der Waals surface area contributed by atoms with E-state index in [1.54, 1.807) is 12.3 Å². The summed E-state index contributed by atoms with van der Waals surface area (Å²) in [7, 11) is 0. The van der Waals surface area contributed by atoms with Crippen LogP contribution < -0.4 is 5.73 Å². The molecule has 14 heavy (non-hydrogen) atoms. The van der Waals surface area contributed by atoms with E-state index >= 15 is 0 Å². The van der Waals surface area contributed by atoms with Crippen LogP contribution in [0.2, 0.25) is 0 Å². The first-order valence-corrected chi connectivity index (χ1v) is 4.13. The second-order valence-electron chi connectivity index (χ2n) is 2.84. The quantitative estimate of drug-likeness (QED) is 0.779. The van der Waals surface area contributed by atoms with E-state index in [-0.39, 0.29) is 12.4 Å². The molecule has 2 rings (SSSR count). The maximum atomic E-state index is 5.66. The second kappa shape index (κ2) is 4.63. The summed E-state index contributed by atoms with van der Waals surface area (Å²) in [6, 6.07) is 13.6. The van der Waals surface area contributed by atoms with Gasteiger partial charge in [0.1, 0.15) is 0 Å². The van der Waals surface area contributed by atoms with Gasteiger partial charge >= 0.3 is 0 Å². The summed E-state index contributed by atoms with van der Waals surface area (Å²) < 4.78 is 0. The normalized spacial score (nSPS) is 9.14. The second-order valence-corrected chi connectivity index (χ2v) is 2.84. The lowest BCUT2D eigenvalue weighted by atomic mass is 10.1. The first-order valence-electron chi connectivity index (χ1n) is 4.13. The number of nitrogens with two attached hydrogens (primary N) is 1. The average molecular weight is 207 g/mol. The van der Waals surface area contributed by atoms with Gasteiger partial charge in [0.15, 0.2) is 0 Å². The van der Waals surface area contributed by atoms with Crippen molar-refractivity contribution in [1.29, 1.82) is 0 Å². The third-order valence-electron chi connectivity index (χ3n) is 1.85. The molecule has 2 nitrogen and oxygen atoms in total. The van der Waals surface area contributed by atoms with Crippen molar-refractivity contribution < 1.29 is 0 Å². The molecule has 0 aliphatic heterocycles. The van der Waals surface area contributed by atoms with Gasteiger partial charge in [0.2, 0.25) is 0 Å². The third kappa shape index (κ3) is 2.24. The van der Waals surface area contributed by atoms with Crippen molar-refractivity contribution >= 4 is 18.1 Å². The van der Waals surface area contributed by atoms with Gasteiger partial charge in [0, 0.05) is 17.4 Å².